The topological polar surface area (TPSA) is 69.4 Å². The van der Waals surface area contributed by atoms with Gasteiger partial charge < -0.3 is 18.4 Å². The second kappa shape index (κ2) is 42.4. The van der Waals surface area contributed by atoms with Crippen LogP contribution in [0.15, 0.2) is 0 Å². The van der Waals surface area contributed by atoms with Gasteiger partial charge in [0.2, 0.25) is 0 Å². The molecule has 37 heavy (non-hydrogen) atoms. The minimum absolute atomic E-state index is 0. The number of hydrogen-bond donors (Lipinski definition) is 1. The Balaban J connectivity index is -0.0000000926. The molecule has 0 aliphatic heterocycles. The van der Waals surface area contributed by atoms with Crippen molar-refractivity contribution in [1.29, 1.82) is 0 Å². The fourth-order valence-electron chi connectivity index (χ4n) is 2.99. The first kappa shape index (κ1) is 51.6. The summed E-state index contributed by atoms with van der Waals surface area (Å²) in [7, 11) is -3.24. The van der Waals surface area contributed by atoms with Gasteiger partial charge >= 0.3 is 29.6 Å². The van der Waals surface area contributed by atoms with Gasteiger partial charge in [-0.05, 0) is 61.5 Å². The van der Waals surface area contributed by atoms with Crippen LogP contribution < -0.4 is 35.3 Å². The van der Waals surface area contributed by atoms with E-state index in [0.29, 0.717) is 18.6 Å². The summed E-state index contributed by atoms with van der Waals surface area (Å²) in [6.07, 6.45) is 21.9. The predicted molar refractivity (Wildman–Crippen MR) is 176 cm³/mol. The van der Waals surface area contributed by atoms with E-state index in [2.05, 4.69) is 63.9 Å². The number of thioether (sulfide) groups is 2. The minimum atomic E-state index is -3.24. The Hall–Kier alpha value is 1.92. The molecule has 0 spiro atoms. The molecule has 0 radical (unpaired) electrons. The summed E-state index contributed by atoms with van der Waals surface area (Å²) in [6, 6.07) is 0.451. The smallest absolute Gasteiger partial charge is 0.796 e. The summed E-state index contributed by atoms with van der Waals surface area (Å²) in [5, 5.41) is 0. The maximum absolute atomic E-state index is 10.6. The van der Waals surface area contributed by atoms with Crippen LogP contribution in [0.25, 0.3) is 0 Å². The number of nitrogens with two attached hydrogens (primary N) is 1. The van der Waals surface area contributed by atoms with Gasteiger partial charge in [0.25, 0.3) is 10.1 Å². The van der Waals surface area contributed by atoms with Crippen molar-refractivity contribution in [3.05, 3.63) is 0 Å². The molecule has 0 fully saturated rings. The van der Waals surface area contributed by atoms with Crippen LogP contribution in [0.5, 0.6) is 0 Å². The Morgan fingerprint density at radius 2 is 1.14 bits per heavy atom. The third-order valence-corrected chi connectivity index (χ3v) is 7.33. The molecule has 0 unspecified atom stereocenters. The molecule has 9 heteroatoms. The van der Waals surface area contributed by atoms with E-state index < -0.39 is 10.1 Å². The fraction of sp³-hybridized carbons (Fsp3) is 1.00. The Labute approximate surface area is 272 Å². The van der Waals surface area contributed by atoms with Gasteiger partial charge in [-0.1, -0.05) is 93.4 Å². The average Bonchev–Trinajstić information content (AvgIpc) is 2.83. The molecule has 4 nitrogen and oxygen atoms in total. The molecule has 0 rings (SSSR count). The van der Waals surface area contributed by atoms with Gasteiger partial charge in [-0.15, -0.1) is 0 Å². The normalized spacial score (nSPS) is 12.5. The number of unbranched alkanes of at least 4 members (excludes halogenated alkanes) is 3. The van der Waals surface area contributed by atoms with Crippen molar-refractivity contribution in [3.8, 4) is 0 Å². The first-order chi connectivity index (χ1) is 16.6. The van der Waals surface area contributed by atoms with Gasteiger partial charge in [-0.25, -0.2) is 0 Å². The molecule has 0 heterocycles. The molecule has 0 amide bonds. The van der Waals surface area contributed by atoms with Crippen molar-refractivity contribution in [2.24, 2.45) is 17.6 Å². The SMILES string of the molecule is C.CCCC[C@H](C)CCOS(C)(=O)=O.CCCC[C@H](C)CCSC.CCCC[C@H](N)CCSC.C[S-].[Na+]. The van der Waals surface area contributed by atoms with E-state index in [1.807, 2.05) is 23.5 Å². The van der Waals surface area contributed by atoms with Crippen molar-refractivity contribution in [3.63, 3.8) is 0 Å². The molecule has 0 bridgehead atoms. The van der Waals surface area contributed by atoms with E-state index >= 15 is 0 Å². The van der Waals surface area contributed by atoms with Gasteiger partial charge in [0.05, 0.1) is 12.9 Å². The first-order valence-electron chi connectivity index (χ1n) is 13.6. The second-order valence-electron chi connectivity index (χ2n) is 9.27. The molecule has 2 N–H and O–H groups in total. The quantitative estimate of drug-likeness (QED) is 0.112. The Morgan fingerprint density at radius 3 is 1.51 bits per heavy atom. The van der Waals surface area contributed by atoms with E-state index in [1.54, 1.807) is 6.26 Å². The summed E-state index contributed by atoms with van der Waals surface area (Å²) in [4.78, 5) is 0. The van der Waals surface area contributed by atoms with Crippen LogP contribution in [0.3, 0.4) is 0 Å². The van der Waals surface area contributed by atoms with Gasteiger partial charge in [-0.3, -0.25) is 4.18 Å². The van der Waals surface area contributed by atoms with Gasteiger partial charge in [0, 0.05) is 6.04 Å². The maximum Gasteiger partial charge on any atom is 1.00 e. The van der Waals surface area contributed by atoms with E-state index in [1.165, 1.54) is 75.7 Å². The molecule has 3 atom stereocenters. The molecule has 0 aliphatic carbocycles. The Kier molecular flexibility index (Phi) is 59.2. The molecule has 0 saturated carbocycles. The zero-order chi connectivity index (χ0) is 28.0. The minimum Gasteiger partial charge on any atom is -0.796 e. The largest absolute Gasteiger partial charge is 1.00 e. The van der Waals surface area contributed by atoms with E-state index in [0.717, 1.165) is 25.0 Å². The third kappa shape index (κ3) is 58.5. The zero-order valence-electron chi connectivity index (χ0n) is 25.8. The monoisotopic (exact) mass is 615 g/mol. The van der Waals surface area contributed by atoms with Gasteiger partial charge in [-0.2, -0.15) is 38.2 Å². The summed E-state index contributed by atoms with van der Waals surface area (Å²) in [5.41, 5.74) is 5.83. The van der Waals surface area contributed by atoms with Gasteiger partial charge in [0.15, 0.2) is 0 Å². The van der Waals surface area contributed by atoms with E-state index in [9.17, 15) is 8.42 Å². The molecule has 0 aromatic carbocycles. The van der Waals surface area contributed by atoms with Crippen LogP contribution in [-0.2, 0) is 26.9 Å². The molecule has 0 aromatic heterocycles. The molecule has 0 aromatic rings. The van der Waals surface area contributed by atoms with Crippen LogP contribution in [0.2, 0.25) is 0 Å². The average molecular weight is 616 g/mol. The summed E-state index contributed by atoms with van der Waals surface area (Å²) in [6.45, 7) is 11.4. The van der Waals surface area contributed by atoms with Crippen LogP contribution in [0.4, 0.5) is 0 Å². The number of hydrogen-bond acceptors (Lipinski definition) is 7. The van der Waals surface area contributed by atoms with Crippen molar-refractivity contribution in [1.82, 2.24) is 0 Å². The van der Waals surface area contributed by atoms with Crippen LogP contribution in [-0.4, -0.2) is 57.6 Å². The van der Waals surface area contributed by atoms with Gasteiger partial charge in [0.1, 0.15) is 0 Å². The second-order valence-corrected chi connectivity index (χ2v) is 12.9. The number of rotatable bonds is 19. The summed E-state index contributed by atoms with van der Waals surface area (Å²) < 4.78 is 25.9. The fourth-order valence-corrected chi connectivity index (χ4v) is 4.57. The first-order valence-corrected chi connectivity index (χ1v) is 19.0. The van der Waals surface area contributed by atoms with E-state index in [-0.39, 0.29) is 37.0 Å². The van der Waals surface area contributed by atoms with Crippen LogP contribution in [0, 0.1) is 11.8 Å². The Morgan fingerprint density at radius 1 is 0.757 bits per heavy atom. The molecule has 0 saturated heterocycles. The molecular weight excluding hydrogens is 550 g/mol. The summed E-state index contributed by atoms with van der Waals surface area (Å²) >= 11 is 7.93. The molecule has 0 aliphatic rings. The van der Waals surface area contributed by atoms with Crippen molar-refractivity contribution >= 4 is 46.3 Å². The van der Waals surface area contributed by atoms with Crippen molar-refractivity contribution in [2.75, 3.05) is 43.1 Å². The Bertz CT molecular complexity index is 438. The zero-order valence-corrected chi connectivity index (χ0v) is 31.0. The van der Waals surface area contributed by atoms with Crippen molar-refractivity contribution < 1.29 is 42.2 Å². The molecule has 226 valence electrons. The summed E-state index contributed by atoms with van der Waals surface area (Å²) in [5.74, 6) is 4.06. The maximum atomic E-state index is 10.6. The predicted octanol–water partition coefficient (Wildman–Crippen LogP) is 5.81. The van der Waals surface area contributed by atoms with Crippen molar-refractivity contribution in [2.45, 2.75) is 125 Å². The van der Waals surface area contributed by atoms with E-state index in [4.69, 9.17) is 5.73 Å². The van der Waals surface area contributed by atoms with Crippen LogP contribution >= 0.6 is 23.5 Å². The van der Waals surface area contributed by atoms with Crippen LogP contribution in [0.1, 0.15) is 119 Å². The standard InChI is InChI=1S/C9H20O3S.C9H20S.C8H19NS.CH4S.CH4.Na/c1-4-5-6-9(2)7-8-12-13(3,10)11;1-4-5-6-9(2)7-8-10-3;1-3-4-5-8(9)6-7-10-2;1-2;;/h9H,4-8H2,1-3H3;9H,4-8H2,1-3H3;8H,3-7,9H2,1-2H3;2H,1H3;1H4;/q;;;;;+1/p-1/t2*9-;8-;;;/m000.../s1. The molecular formula is C28H66NNaO3S4. The third-order valence-electron chi connectivity index (χ3n) is 5.45.